The maximum Gasteiger partial charge on any atom is -0.0266 e. The molecule has 0 heteroatoms. The van der Waals surface area contributed by atoms with Crippen molar-refractivity contribution in [1.82, 2.24) is 0 Å². The largest absolute Gasteiger partial charge is 0.0530 e. The Hall–Kier alpha value is 0. The molecule has 1 atom stereocenters. The molecular formula is C9H15. The summed E-state index contributed by atoms with van der Waals surface area (Å²) in [5.74, 6) is 1.03. The Bertz CT molecular complexity index is 109. The van der Waals surface area contributed by atoms with Gasteiger partial charge in [0.15, 0.2) is 0 Å². The fourth-order valence-electron chi connectivity index (χ4n) is 2.53. The first-order valence-corrected chi connectivity index (χ1v) is 4.17. The van der Waals surface area contributed by atoms with Gasteiger partial charge >= 0.3 is 0 Å². The summed E-state index contributed by atoms with van der Waals surface area (Å²) in [6.07, 6.45) is 8.74. The molecule has 2 aliphatic carbocycles. The Morgan fingerprint density at radius 2 is 2.00 bits per heavy atom. The Morgan fingerprint density at radius 3 is 2.44 bits per heavy atom. The highest BCUT2D eigenvalue weighted by atomic mass is 14.6. The second-order valence-corrected chi connectivity index (χ2v) is 3.76. The number of hydrogen-bond acceptors (Lipinski definition) is 0. The molecule has 0 aromatic carbocycles. The lowest BCUT2D eigenvalue weighted by atomic mass is 10.0. The van der Waals surface area contributed by atoms with Gasteiger partial charge in [-0.15, -0.1) is 0 Å². The first-order chi connectivity index (χ1) is 4.37. The fraction of sp³-hybridized carbons (Fsp3) is 0.889. The van der Waals surface area contributed by atoms with E-state index in [2.05, 4.69) is 6.92 Å². The van der Waals surface area contributed by atoms with E-state index in [-0.39, 0.29) is 0 Å². The van der Waals surface area contributed by atoms with Crippen LogP contribution >= 0.6 is 0 Å². The zero-order valence-corrected chi connectivity index (χ0v) is 6.03. The standard InChI is InChI=1S/C9H15/c1-2-8-7-9(8)5-3-4-6-9/h8H,1-7H2. The van der Waals surface area contributed by atoms with Crippen LogP contribution < -0.4 is 0 Å². The maximum atomic E-state index is 3.97. The fourth-order valence-corrected chi connectivity index (χ4v) is 2.53. The smallest absolute Gasteiger partial charge is 0.0266 e. The molecule has 1 radical (unpaired) electrons. The van der Waals surface area contributed by atoms with Crippen LogP contribution in [-0.2, 0) is 0 Å². The van der Waals surface area contributed by atoms with Gasteiger partial charge in [-0.2, -0.15) is 0 Å². The molecule has 0 aliphatic heterocycles. The van der Waals surface area contributed by atoms with Gasteiger partial charge in [-0.25, -0.2) is 0 Å². The van der Waals surface area contributed by atoms with Crippen LogP contribution in [-0.4, -0.2) is 0 Å². The molecule has 0 saturated heterocycles. The minimum atomic E-state index is 0.849. The Kier molecular flexibility index (Phi) is 1.12. The van der Waals surface area contributed by atoms with Crippen molar-refractivity contribution in [1.29, 1.82) is 0 Å². The van der Waals surface area contributed by atoms with Crippen LogP contribution in [0.15, 0.2) is 0 Å². The van der Waals surface area contributed by atoms with Crippen LogP contribution in [0.2, 0.25) is 0 Å². The number of rotatable bonds is 1. The predicted molar refractivity (Wildman–Crippen MR) is 39.0 cm³/mol. The topological polar surface area (TPSA) is 0 Å². The predicted octanol–water partition coefficient (Wildman–Crippen LogP) is 2.79. The van der Waals surface area contributed by atoms with E-state index < -0.39 is 0 Å². The van der Waals surface area contributed by atoms with Crippen LogP contribution in [0.4, 0.5) is 0 Å². The van der Waals surface area contributed by atoms with Gasteiger partial charge in [0.05, 0.1) is 0 Å². The van der Waals surface area contributed by atoms with Crippen molar-refractivity contribution >= 4 is 0 Å². The lowest BCUT2D eigenvalue weighted by Gasteiger charge is -2.04. The molecule has 2 saturated carbocycles. The lowest BCUT2D eigenvalue weighted by molar-refractivity contribution is 0.472. The first-order valence-electron chi connectivity index (χ1n) is 4.17. The molecule has 0 aromatic rings. The summed E-state index contributed by atoms with van der Waals surface area (Å²) in [5.41, 5.74) is 0.849. The van der Waals surface area contributed by atoms with E-state index in [9.17, 15) is 0 Å². The Balaban J connectivity index is 1.97. The molecule has 51 valence electrons. The summed E-state index contributed by atoms with van der Waals surface area (Å²) in [6, 6.07) is 0. The minimum absolute atomic E-state index is 0.849. The third-order valence-electron chi connectivity index (χ3n) is 3.31. The Labute approximate surface area is 57.6 Å². The summed E-state index contributed by atoms with van der Waals surface area (Å²) < 4.78 is 0. The molecule has 0 nitrogen and oxygen atoms in total. The summed E-state index contributed by atoms with van der Waals surface area (Å²) in [5, 5.41) is 0. The van der Waals surface area contributed by atoms with E-state index in [1.54, 1.807) is 0 Å². The third-order valence-corrected chi connectivity index (χ3v) is 3.31. The van der Waals surface area contributed by atoms with Gasteiger partial charge < -0.3 is 0 Å². The highest BCUT2D eigenvalue weighted by molar-refractivity contribution is 5.04. The van der Waals surface area contributed by atoms with Crippen molar-refractivity contribution in [2.45, 2.75) is 38.5 Å². The van der Waals surface area contributed by atoms with Gasteiger partial charge in [0.2, 0.25) is 0 Å². The third kappa shape index (κ3) is 0.720. The molecule has 0 amide bonds. The van der Waals surface area contributed by atoms with Crippen LogP contribution in [0.1, 0.15) is 38.5 Å². The number of hydrogen-bond donors (Lipinski definition) is 0. The molecule has 0 heterocycles. The highest BCUT2D eigenvalue weighted by Crippen LogP contribution is 2.63. The van der Waals surface area contributed by atoms with Crippen LogP contribution in [0.25, 0.3) is 0 Å². The van der Waals surface area contributed by atoms with Crippen molar-refractivity contribution in [3.8, 4) is 0 Å². The molecule has 0 bridgehead atoms. The average Bonchev–Trinajstić information content (AvgIpc) is 2.30. The zero-order chi connectivity index (χ0) is 6.32. The van der Waals surface area contributed by atoms with Gasteiger partial charge in [0.25, 0.3) is 0 Å². The van der Waals surface area contributed by atoms with Crippen molar-refractivity contribution in [2.24, 2.45) is 11.3 Å². The van der Waals surface area contributed by atoms with E-state index in [1.165, 1.54) is 38.5 Å². The van der Waals surface area contributed by atoms with Gasteiger partial charge in [-0.1, -0.05) is 19.8 Å². The monoisotopic (exact) mass is 123 g/mol. The van der Waals surface area contributed by atoms with Crippen molar-refractivity contribution in [2.75, 3.05) is 0 Å². The molecule has 2 fully saturated rings. The van der Waals surface area contributed by atoms with E-state index in [1.807, 2.05) is 0 Å². The maximum absolute atomic E-state index is 3.97. The van der Waals surface area contributed by atoms with Crippen molar-refractivity contribution in [3.63, 3.8) is 0 Å². The van der Waals surface area contributed by atoms with Crippen LogP contribution in [0.3, 0.4) is 0 Å². The Morgan fingerprint density at radius 1 is 1.33 bits per heavy atom. The molecular weight excluding hydrogens is 108 g/mol. The zero-order valence-electron chi connectivity index (χ0n) is 6.03. The summed E-state index contributed by atoms with van der Waals surface area (Å²) in [6.45, 7) is 3.97. The highest BCUT2D eigenvalue weighted by Gasteiger charge is 2.53. The van der Waals surface area contributed by atoms with E-state index in [4.69, 9.17) is 0 Å². The summed E-state index contributed by atoms with van der Waals surface area (Å²) in [7, 11) is 0. The van der Waals surface area contributed by atoms with E-state index in [0.717, 1.165) is 11.3 Å². The normalized spacial score (nSPS) is 37.7. The molecule has 2 rings (SSSR count). The second-order valence-electron chi connectivity index (χ2n) is 3.76. The van der Waals surface area contributed by atoms with E-state index >= 15 is 0 Å². The van der Waals surface area contributed by atoms with Gasteiger partial charge in [-0.3, -0.25) is 0 Å². The molecule has 1 spiro atoms. The van der Waals surface area contributed by atoms with E-state index in [0.29, 0.717) is 0 Å². The summed E-state index contributed by atoms with van der Waals surface area (Å²) in [4.78, 5) is 0. The molecule has 0 N–H and O–H groups in total. The van der Waals surface area contributed by atoms with Gasteiger partial charge in [0.1, 0.15) is 0 Å². The lowest BCUT2D eigenvalue weighted by Crippen LogP contribution is -1.94. The minimum Gasteiger partial charge on any atom is -0.0530 e. The van der Waals surface area contributed by atoms with Crippen LogP contribution in [0, 0.1) is 18.3 Å². The average molecular weight is 123 g/mol. The summed E-state index contributed by atoms with van der Waals surface area (Å²) >= 11 is 0. The van der Waals surface area contributed by atoms with Gasteiger partial charge in [0, 0.05) is 0 Å². The molecule has 0 aromatic heterocycles. The SMILES string of the molecule is [CH2]CC1CC12CCCC2. The quantitative estimate of drug-likeness (QED) is 0.503. The molecule has 9 heavy (non-hydrogen) atoms. The van der Waals surface area contributed by atoms with Crippen molar-refractivity contribution in [3.05, 3.63) is 6.92 Å². The van der Waals surface area contributed by atoms with Crippen molar-refractivity contribution < 1.29 is 0 Å². The van der Waals surface area contributed by atoms with Gasteiger partial charge in [-0.05, 0) is 37.0 Å². The molecule has 2 aliphatic rings. The second kappa shape index (κ2) is 1.74. The van der Waals surface area contributed by atoms with Crippen LogP contribution in [0.5, 0.6) is 0 Å². The molecule has 1 unspecified atom stereocenters. The first kappa shape index (κ1) is 5.76.